The number of imidazole rings is 1. The molecule has 0 radical (unpaired) electrons. The molecular formula is C115H108N18O14. The second-order valence-electron chi connectivity index (χ2n) is 36.4. The Kier molecular flexibility index (Phi) is 29.9. The monoisotopic (exact) mass is 1960 g/mol. The molecule has 0 unspecified atom stereocenters. The van der Waals surface area contributed by atoms with Crippen molar-refractivity contribution >= 4 is 95.1 Å². The standard InChI is InChI=1S/C24H19N5O2.C24H25N3O2.C23H23N3O3.C22H18N4O3.C22H23N3O4/c1-29-14-28-20-10-15(6-7-22(20)29)16-11-19-17(4-2-8-26-19)23(12-16)31-13-21-18(24(25)30)5-3-9-27-21;1-15(19-12-24(28)27-14-19)29-23-11-18(10-22-21(23)3-2-7-26-22)17-5-4-16-6-8-25-13-20(16)9-17;1-14(17-11-22(27)25-12-17)29-21-10-16(9-20-19(21)5-2-6-24-20)18-8-15-4-3-7-28-23(15)26-13-18;1-28-15-6-7-18(26-12-15)14-10-19-16(4-2-8-24-19)21(11-14)29-13-20-17(22(23)27)5-3-9-25-20;1-13(15-10-21(26)24-11-15)29-19-8-14(7-18-17(19)5-4-6-23-18)16-9-20(27-2)22(28-3)25-12-16/h2-12,14H,13H2,1H3,(H2,25,30);2-5,7,9-11,15,19,25H,6,8,12-14H2,1H3,(H,27,28);2,5-6,8-10,13-14,17H,3-4,7,11-12H2,1H3,(H,25,27);2-12H,13H2,1H3,(H2,23,27);4-9,12-13,15H,10-11H2,1-3H3,(H,24,26)/t;15-,19-;14-,17-;;13-,15-/m.11.1/s1. The molecule has 18 aromatic rings. The van der Waals surface area contributed by atoms with Gasteiger partial charge in [-0.25, -0.2) is 15.0 Å². The molecule has 5 amide bonds. The van der Waals surface area contributed by atoms with E-state index in [1.54, 1.807) is 101 Å². The number of carbonyl (C=O) groups excluding carboxylic acids is 5. The van der Waals surface area contributed by atoms with Crippen molar-refractivity contribution in [3.8, 4) is 108 Å². The van der Waals surface area contributed by atoms with Crippen LogP contribution in [0, 0.1) is 17.8 Å². The van der Waals surface area contributed by atoms with Crippen LogP contribution in [0.25, 0.3) is 121 Å². The summed E-state index contributed by atoms with van der Waals surface area (Å²) in [4.78, 5) is 107. The van der Waals surface area contributed by atoms with E-state index < -0.39 is 11.8 Å². The number of nitrogens with two attached hydrogens (primary N) is 2. The molecule has 5 aliphatic heterocycles. The third-order valence-corrected chi connectivity index (χ3v) is 26.8. The maximum Gasteiger partial charge on any atom is 0.256 e. The Balaban J connectivity index is 0.000000116. The van der Waals surface area contributed by atoms with Gasteiger partial charge in [-0.05, 0) is 279 Å². The SMILES string of the molecule is COc1cc(-c2cc(O[C@H](C)[C@H]3CNC(=O)C3)c3cccnc3c2)cnc1OC.COc1ccc(-c2cc(OCc3ncccc3C(N)=O)c3cccnc3c2)nc1.C[C@@H](Oc1cc(-c2ccc3c(c2)CNCC3)cc2ncccc12)[C@H]1CNC(=O)C1.C[C@@H](Oc1cc(-c2cnc3c(c2)CCCO3)cc2ncccc12)[C@H]1CNC(=O)C1.Cn1cnc2cc(-c3cc(OCc4ncccc4C(N)=O)c4cccnc4c3)ccc21. The topological polar surface area (TPSA) is 415 Å². The third-order valence-electron chi connectivity index (χ3n) is 26.8. The van der Waals surface area contributed by atoms with Gasteiger partial charge in [-0.15, -0.1) is 0 Å². The summed E-state index contributed by atoms with van der Waals surface area (Å²) in [6.07, 6.45) is 23.4. The second kappa shape index (κ2) is 44.9. The lowest BCUT2D eigenvalue weighted by molar-refractivity contribution is -0.120. The first kappa shape index (κ1) is 98.1. The summed E-state index contributed by atoms with van der Waals surface area (Å²) in [5.74, 6) is 5.70. The fraction of sp³-hybridized carbons (Fsp3) is 0.235. The fourth-order valence-electron chi connectivity index (χ4n) is 18.6. The number of rotatable bonds is 25. The van der Waals surface area contributed by atoms with Crippen LogP contribution in [-0.2, 0) is 54.0 Å². The molecule has 5 aliphatic rings. The number of primary amides is 2. The highest BCUT2D eigenvalue weighted by Gasteiger charge is 2.33. The fourth-order valence-corrected chi connectivity index (χ4v) is 18.6. The molecule has 0 saturated carbocycles. The van der Waals surface area contributed by atoms with Crippen LogP contribution in [0.5, 0.6) is 52.0 Å². The van der Waals surface area contributed by atoms with Crippen molar-refractivity contribution < 1.29 is 66.6 Å². The van der Waals surface area contributed by atoms with E-state index in [-0.39, 0.29) is 67.0 Å². The smallest absolute Gasteiger partial charge is 0.256 e. The molecule has 32 heteroatoms. The van der Waals surface area contributed by atoms with Crippen molar-refractivity contribution in [2.75, 3.05) is 54.1 Å². The van der Waals surface area contributed by atoms with Crippen LogP contribution in [0.4, 0.5) is 0 Å². The van der Waals surface area contributed by atoms with Gasteiger partial charge in [-0.1, -0.05) is 18.2 Å². The summed E-state index contributed by atoms with van der Waals surface area (Å²) >= 11 is 0. The molecule has 11 aromatic heterocycles. The minimum absolute atomic E-state index is 0.0552. The maximum absolute atomic E-state index is 11.7. The van der Waals surface area contributed by atoms with E-state index in [4.69, 9.17) is 54.1 Å². The van der Waals surface area contributed by atoms with Gasteiger partial charge in [0.2, 0.25) is 23.6 Å². The number of ether oxygens (including phenoxy) is 9. The molecule has 3 saturated heterocycles. The average molecular weight is 1970 g/mol. The van der Waals surface area contributed by atoms with E-state index in [1.165, 1.54) is 16.7 Å². The molecule has 0 bridgehead atoms. The van der Waals surface area contributed by atoms with Crippen molar-refractivity contribution in [1.82, 2.24) is 80.7 Å². The molecule has 0 aliphatic carbocycles. The summed E-state index contributed by atoms with van der Waals surface area (Å²) in [6.45, 7) is 10.9. The first-order valence-electron chi connectivity index (χ1n) is 48.6. The number of aromatic nitrogens is 12. The zero-order valence-electron chi connectivity index (χ0n) is 82.1. The lowest BCUT2D eigenvalue weighted by atomic mass is 9.95. The number of nitrogens with zero attached hydrogens (tertiary/aromatic N) is 12. The predicted molar refractivity (Wildman–Crippen MR) is 560 cm³/mol. The lowest BCUT2D eigenvalue weighted by Crippen LogP contribution is -2.25. The van der Waals surface area contributed by atoms with E-state index in [1.807, 2.05) is 172 Å². The zero-order chi connectivity index (χ0) is 102. The Bertz CT molecular complexity index is 7590. The van der Waals surface area contributed by atoms with Gasteiger partial charge in [-0.3, -0.25) is 63.8 Å². The minimum Gasteiger partial charge on any atom is -0.495 e. The largest absolute Gasteiger partial charge is 0.495 e. The van der Waals surface area contributed by atoms with Gasteiger partial charge >= 0.3 is 0 Å². The van der Waals surface area contributed by atoms with Crippen molar-refractivity contribution in [3.63, 3.8) is 0 Å². The van der Waals surface area contributed by atoms with Crippen molar-refractivity contribution in [3.05, 3.63) is 314 Å². The van der Waals surface area contributed by atoms with Gasteiger partial charge in [0.15, 0.2) is 5.75 Å². The third kappa shape index (κ3) is 22.9. The van der Waals surface area contributed by atoms with Gasteiger partial charge < -0.3 is 79.9 Å². The number of fused-ring (bicyclic) bond motifs is 8. The predicted octanol–water partition coefficient (Wildman–Crippen LogP) is 17.4. The molecule has 147 heavy (non-hydrogen) atoms. The van der Waals surface area contributed by atoms with Crippen LogP contribution in [0.3, 0.4) is 0 Å². The summed E-state index contributed by atoms with van der Waals surface area (Å²) in [5.41, 5.74) is 32.4. The molecule has 32 nitrogen and oxygen atoms in total. The highest BCUT2D eigenvalue weighted by atomic mass is 16.5. The Morgan fingerprint density at radius 3 is 1.30 bits per heavy atom. The number of hydrogen-bond acceptors (Lipinski definition) is 26. The summed E-state index contributed by atoms with van der Waals surface area (Å²) in [7, 11) is 6.71. The number of amides is 5. The van der Waals surface area contributed by atoms with E-state index >= 15 is 0 Å². The first-order chi connectivity index (χ1) is 71.7. The normalized spacial score (nSPS) is 15.5. The zero-order valence-corrected chi connectivity index (χ0v) is 82.1. The van der Waals surface area contributed by atoms with Crippen LogP contribution in [0.15, 0.2) is 275 Å². The highest BCUT2D eigenvalue weighted by Crippen LogP contribution is 2.43. The Labute approximate surface area is 846 Å². The van der Waals surface area contributed by atoms with Gasteiger partial charge in [0, 0.05) is 175 Å². The van der Waals surface area contributed by atoms with Crippen LogP contribution < -0.4 is 75.4 Å². The van der Waals surface area contributed by atoms with Crippen molar-refractivity contribution in [2.45, 2.75) is 97.4 Å². The lowest BCUT2D eigenvalue weighted by Gasteiger charge is -2.22. The Hall–Kier alpha value is -17.7. The van der Waals surface area contributed by atoms with Crippen LogP contribution in [0.2, 0.25) is 0 Å². The highest BCUT2D eigenvalue weighted by molar-refractivity contribution is 5.98. The molecule has 16 heterocycles. The van der Waals surface area contributed by atoms with Gasteiger partial charge in [0.05, 0.1) is 107 Å². The summed E-state index contributed by atoms with van der Waals surface area (Å²) in [6, 6.07) is 66.8. The van der Waals surface area contributed by atoms with Gasteiger partial charge in [-0.2, -0.15) is 0 Å². The molecular weight excluding hydrogens is 1860 g/mol. The van der Waals surface area contributed by atoms with E-state index in [2.05, 4.69) is 131 Å². The molecule has 742 valence electrons. The number of hydrogen-bond donors (Lipinski definition) is 6. The molecule has 7 aromatic carbocycles. The number of methoxy groups -OCH3 is 3. The molecule has 0 spiro atoms. The van der Waals surface area contributed by atoms with E-state index in [0.29, 0.717) is 90.3 Å². The number of benzene rings is 7. The molecule has 23 rings (SSSR count). The second-order valence-corrected chi connectivity index (χ2v) is 36.4. The summed E-state index contributed by atoms with van der Waals surface area (Å²) in [5, 5.41) is 16.7. The van der Waals surface area contributed by atoms with Crippen LogP contribution in [-0.4, -0.2) is 161 Å². The molecule has 3 fully saturated rings. The number of nitrogens with one attached hydrogen (secondary N) is 4. The average Bonchev–Trinajstić information content (AvgIpc) is 1.60. The number of carbonyl (C=O) groups is 5. The number of pyridine rings is 10. The van der Waals surface area contributed by atoms with Crippen LogP contribution in [0.1, 0.15) is 95.2 Å². The maximum atomic E-state index is 11.7. The van der Waals surface area contributed by atoms with Gasteiger partial charge in [0.25, 0.3) is 17.7 Å². The minimum atomic E-state index is -0.542. The van der Waals surface area contributed by atoms with Crippen molar-refractivity contribution in [1.29, 1.82) is 0 Å². The Morgan fingerprint density at radius 2 is 0.830 bits per heavy atom. The molecule has 8 N–H and O–H groups in total. The van der Waals surface area contributed by atoms with Crippen LogP contribution >= 0.6 is 0 Å². The first-order valence-corrected chi connectivity index (χ1v) is 48.6. The van der Waals surface area contributed by atoms with Crippen molar-refractivity contribution in [2.24, 2.45) is 36.3 Å². The van der Waals surface area contributed by atoms with E-state index in [0.717, 1.165) is 183 Å². The van der Waals surface area contributed by atoms with E-state index in [9.17, 15) is 24.0 Å². The number of aryl methyl sites for hydroxylation is 2. The quantitative estimate of drug-likeness (QED) is 0.0309. The summed E-state index contributed by atoms with van der Waals surface area (Å²) < 4.78 is 54.6. The van der Waals surface area contributed by atoms with Gasteiger partial charge in [0.1, 0.15) is 66.0 Å². The Morgan fingerprint density at radius 1 is 0.401 bits per heavy atom. The molecule has 6 atom stereocenters.